The van der Waals surface area contributed by atoms with Crippen molar-refractivity contribution in [1.82, 2.24) is 5.32 Å². The zero-order valence-electron chi connectivity index (χ0n) is 12.9. The standard InChI is InChI=1S/C17H14F2N2O4/c18-12-5-3-6-13(19)17(12)15(22)10-20-16(23)9-8-11-4-1-2-7-14(11)21(24)25/h1-9,15,22H,10H2,(H,20,23)/b9-8+. The van der Waals surface area contributed by atoms with Crippen LogP contribution in [0.3, 0.4) is 0 Å². The Bertz CT molecular complexity index is 804. The fourth-order valence-corrected chi connectivity index (χ4v) is 2.15. The van der Waals surface area contributed by atoms with Gasteiger partial charge in [0.25, 0.3) is 5.69 Å². The summed E-state index contributed by atoms with van der Waals surface area (Å²) in [4.78, 5) is 22.0. The Morgan fingerprint density at radius 1 is 1.20 bits per heavy atom. The van der Waals surface area contributed by atoms with Gasteiger partial charge in [0, 0.05) is 18.7 Å². The van der Waals surface area contributed by atoms with Crippen LogP contribution in [0.5, 0.6) is 0 Å². The van der Waals surface area contributed by atoms with Gasteiger partial charge in [-0.15, -0.1) is 0 Å². The van der Waals surface area contributed by atoms with Gasteiger partial charge >= 0.3 is 0 Å². The number of nitrogens with zero attached hydrogens (tertiary/aromatic N) is 1. The topological polar surface area (TPSA) is 92.5 Å². The molecule has 1 amide bonds. The van der Waals surface area contributed by atoms with Crippen LogP contribution in [0.4, 0.5) is 14.5 Å². The fourth-order valence-electron chi connectivity index (χ4n) is 2.15. The fraction of sp³-hybridized carbons (Fsp3) is 0.118. The number of nitro groups is 1. The Morgan fingerprint density at radius 3 is 2.48 bits per heavy atom. The summed E-state index contributed by atoms with van der Waals surface area (Å²) in [5.41, 5.74) is -0.478. The number of hydrogen-bond donors (Lipinski definition) is 2. The summed E-state index contributed by atoms with van der Waals surface area (Å²) in [6.45, 7) is -0.419. The van der Waals surface area contributed by atoms with Crippen molar-refractivity contribution in [3.05, 3.63) is 81.4 Å². The number of halogens is 2. The van der Waals surface area contributed by atoms with Crippen molar-refractivity contribution >= 4 is 17.7 Å². The van der Waals surface area contributed by atoms with Gasteiger partial charge < -0.3 is 10.4 Å². The SMILES string of the molecule is O=C(/C=C/c1ccccc1[N+](=O)[O-])NCC(O)c1c(F)cccc1F. The molecule has 1 unspecified atom stereocenters. The van der Waals surface area contributed by atoms with Gasteiger partial charge in [0.1, 0.15) is 17.7 Å². The molecule has 2 rings (SSSR count). The Hall–Kier alpha value is -3.13. The molecule has 8 heteroatoms. The Labute approximate surface area is 141 Å². The van der Waals surface area contributed by atoms with E-state index in [1.807, 2.05) is 0 Å². The molecule has 2 N–H and O–H groups in total. The van der Waals surface area contributed by atoms with Crippen LogP contribution in [-0.2, 0) is 4.79 Å². The van der Waals surface area contributed by atoms with Crippen LogP contribution in [0.15, 0.2) is 48.5 Å². The van der Waals surface area contributed by atoms with Gasteiger partial charge in [0.15, 0.2) is 0 Å². The van der Waals surface area contributed by atoms with Crippen molar-refractivity contribution in [1.29, 1.82) is 0 Å². The van der Waals surface area contributed by atoms with Crippen molar-refractivity contribution in [2.45, 2.75) is 6.10 Å². The molecule has 0 aliphatic heterocycles. The van der Waals surface area contributed by atoms with Crippen LogP contribution in [0.2, 0.25) is 0 Å². The first-order valence-electron chi connectivity index (χ1n) is 7.21. The Morgan fingerprint density at radius 2 is 1.84 bits per heavy atom. The van der Waals surface area contributed by atoms with Crippen molar-refractivity contribution in [3.8, 4) is 0 Å². The van der Waals surface area contributed by atoms with E-state index in [4.69, 9.17) is 0 Å². The van der Waals surface area contributed by atoms with E-state index in [1.165, 1.54) is 24.3 Å². The maximum absolute atomic E-state index is 13.5. The third-order valence-electron chi connectivity index (χ3n) is 3.35. The minimum absolute atomic E-state index is 0.167. The lowest BCUT2D eigenvalue weighted by Crippen LogP contribution is -2.27. The minimum Gasteiger partial charge on any atom is -0.386 e. The number of nitro benzene ring substituents is 1. The molecule has 130 valence electrons. The maximum atomic E-state index is 13.5. The summed E-state index contributed by atoms with van der Waals surface area (Å²) in [6, 6.07) is 8.99. The van der Waals surface area contributed by atoms with Crippen LogP contribution < -0.4 is 5.32 Å². The van der Waals surface area contributed by atoms with E-state index in [0.29, 0.717) is 0 Å². The van der Waals surface area contributed by atoms with Crippen LogP contribution in [0.25, 0.3) is 6.08 Å². The average Bonchev–Trinajstić information content (AvgIpc) is 2.58. The lowest BCUT2D eigenvalue weighted by molar-refractivity contribution is -0.385. The molecule has 2 aromatic rings. The van der Waals surface area contributed by atoms with Crippen LogP contribution in [-0.4, -0.2) is 22.5 Å². The summed E-state index contributed by atoms with van der Waals surface area (Å²) >= 11 is 0. The highest BCUT2D eigenvalue weighted by Gasteiger charge is 2.18. The molecular weight excluding hydrogens is 334 g/mol. The van der Waals surface area contributed by atoms with Gasteiger partial charge in [-0.2, -0.15) is 0 Å². The third kappa shape index (κ3) is 4.67. The van der Waals surface area contributed by atoms with E-state index in [-0.39, 0.29) is 11.3 Å². The van der Waals surface area contributed by atoms with Crippen LogP contribution in [0, 0.1) is 21.7 Å². The number of aliphatic hydroxyl groups is 1. The highest BCUT2D eigenvalue weighted by atomic mass is 19.1. The largest absolute Gasteiger partial charge is 0.386 e. The summed E-state index contributed by atoms with van der Waals surface area (Å²) in [7, 11) is 0. The summed E-state index contributed by atoms with van der Waals surface area (Å²) in [5.74, 6) is -2.51. The van der Waals surface area contributed by atoms with Gasteiger partial charge in [0.2, 0.25) is 5.91 Å². The predicted molar refractivity (Wildman–Crippen MR) is 86.5 cm³/mol. The molecule has 0 aliphatic rings. The molecule has 1 atom stereocenters. The van der Waals surface area contributed by atoms with Crippen molar-refractivity contribution < 1.29 is 23.6 Å². The molecule has 25 heavy (non-hydrogen) atoms. The molecule has 0 aromatic heterocycles. The number of amides is 1. The first-order chi connectivity index (χ1) is 11.9. The lowest BCUT2D eigenvalue weighted by Gasteiger charge is -2.13. The van der Waals surface area contributed by atoms with Crippen molar-refractivity contribution in [2.75, 3.05) is 6.54 Å². The smallest absolute Gasteiger partial charge is 0.276 e. The van der Waals surface area contributed by atoms with Crippen LogP contribution >= 0.6 is 0 Å². The van der Waals surface area contributed by atoms with Gasteiger partial charge in [-0.05, 0) is 24.3 Å². The maximum Gasteiger partial charge on any atom is 0.276 e. The van der Waals surface area contributed by atoms with Gasteiger partial charge in [-0.25, -0.2) is 8.78 Å². The summed E-state index contributed by atoms with van der Waals surface area (Å²) < 4.78 is 27.0. The second-order valence-corrected chi connectivity index (χ2v) is 5.05. The number of hydrogen-bond acceptors (Lipinski definition) is 4. The number of carbonyl (C=O) groups excluding carboxylic acids is 1. The Balaban J connectivity index is 2.00. The molecule has 0 saturated carbocycles. The van der Waals surface area contributed by atoms with Crippen molar-refractivity contribution in [2.24, 2.45) is 0 Å². The number of aliphatic hydroxyl groups excluding tert-OH is 1. The van der Waals surface area contributed by atoms with Gasteiger partial charge in [-0.1, -0.05) is 18.2 Å². The third-order valence-corrected chi connectivity index (χ3v) is 3.35. The molecule has 6 nitrogen and oxygen atoms in total. The quantitative estimate of drug-likeness (QED) is 0.477. The molecule has 0 saturated heterocycles. The zero-order chi connectivity index (χ0) is 18.4. The summed E-state index contributed by atoms with van der Waals surface area (Å²) in [5, 5.41) is 23.0. The van der Waals surface area contributed by atoms with Crippen LogP contribution in [0.1, 0.15) is 17.2 Å². The summed E-state index contributed by atoms with van der Waals surface area (Å²) in [6.07, 6.45) is 0.709. The second-order valence-electron chi connectivity index (χ2n) is 5.05. The number of nitrogens with one attached hydrogen (secondary N) is 1. The lowest BCUT2D eigenvalue weighted by atomic mass is 10.1. The average molecular weight is 348 g/mol. The van der Waals surface area contributed by atoms with E-state index in [1.54, 1.807) is 6.07 Å². The molecular formula is C17H14F2N2O4. The van der Waals surface area contributed by atoms with Gasteiger partial charge in [-0.3, -0.25) is 14.9 Å². The Kier molecular flexibility index (Phi) is 5.91. The molecule has 0 fully saturated rings. The van der Waals surface area contributed by atoms with E-state index in [9.17, 15) is 28.8 Å². The molecule has 0 heterocycles. The number of para-hydroxylation sites is 1. The molecule has 0 aliphatic carbocycles. The van der Waals surface area contributed by atoms with E-state index < -0.39 is 40.7 Å². The molecule has 0 bridgehead atoms. The highest BCUT2D eigenvalue weighted by Crippen LogP contribution is 2.20. The molecule has 0 spiro atoms. The number of benzene rings is 2. The highest BCUT2D eigenvalue weighted by molar-refractivity contribution is 5.92. The van der Waals surface area contributed by atoms with E-state index in [2.05, 4.69) is 5.32 Å². The van der Waals surface area contributed by atoms with E-state index in [0.717, 1.165) is 24.3 Å². The molecule has 0 radical (unpaired) electrons. The first kappa shape index (κ1) is 18.2. The number of carbonyl (C=O) groups is 1. The normalized spacial score (nSPS) is 12.1. The molecule has 2 aromatic carbocycles. The van der Waals surface area contributed by atoms with E-state index >= 15 is 0 Å². The second kappa shape index (κ2) is 8.11. The van der Waals surface area contributed by atoms with Gasteiger partial charge in [0.05, 0.1) is 16.1 Å². The van der Waals surface area contributed by atoms with Crippen molar-refractivity contribution in [3.63, 3.8) is 0 Å². The predicted octanol–water partition coefficient (Wildman–Crippen LogP) is 2.74. The number of rotatable bonds is 6. The minimum atomic E-state index is -1.57. The monoisotopic (exact) mass is 348 g/mol. The zero-order valence-corrected chi connectivity index (χ0v) is 12.9. The first-order valence-corrected chi connectivity index (χ1v) is 7.21.